The predicted molar refractivity (Wildman–Crippen MR) is 85.7 cm³/mol. The summed E-state index contributed by atoms with van der Waals surface area (Å²) >= 11 is 8.40. The van der Waals surface area contributed by atoms with Gasteiger partial charge in [0.2, 0.25) is 0 Å². The molecule has 0 aromatic carbocycles. The van der Waals surface area contributed by atoms with E-state index < -0.39 is 0 Å². The summed E-state index contributed by atoms with van der Waals surface area (Å²) in [6.07, 6.45) is 5.40. The molecular formula is C13H16ClIN4. The zero-order chi connectivity index (χ0) is 14.0. The van der Waals surface area contributed by atoms with E-state index in [-0.39, 0.29) is 5.54 Å². The first-order valence-corrected chi connectivity index (χ1v) is 7.41. The molecule has 0 atom stereocenters. The maximum Gasteiger partial charge on any atom is 0.153 e. The van der Waals surface area contributed by atoms with Gasteiger partial charge in [-0.3, -0.25) is 0 Å². The van der Waals surface area contributed by atoms with E-state index in [4.69, 9.17) is 11.6 Å². The molecule has 0 fully saturated rings. The van der Waals surface area contributed by atoms with Crippen molar-refractivity contribution in [2.75, 3.05) is 0 Å². The number of pyridine rings is 1. The van der Waals surface area contributed by atoms with E-state index in [0.29, 0.717) is 11.6 Å². The Morgan fingerprint density at radius 2 is 2.11 bits per heavy atom. The Hall–Kier alpha value is -0.660. The molecule has 0 spiro atoms. The maximum absolute atomic E-state index is 6.18. The van der Waals surface area contributed by atoms with Crippen molar-refractivity contribution >= 4 is 34.2 Å². The van der Waals surface area contributed by atoms with Crippen molar-refractivity contribution in [1.29, 1.82) is 0 Å². The lowest BCUT2D eigenvalue weighted by Crippen LogP contribution is -2.35. The topological polar surface area (TPSA) is 42.7 Å². The van der Waals surface area contributed by atoms with Crippen molar-refractivity contribution in [3.05, 3.63) is 38.8 Å². The van der Waals surface area contributed by atoms with Gasteiger partial charge in [-0.05, 0) is 55.0 Å². The molecular weight excluding hydrogens is 375 g/mol. The highest BCUT2D eigenvalue weighted by atomic mass is 127. The van der Waals surface area contributed by atoms with Crippen LogP contribution in [0.1, 0.15) is 26.3 Å². The van der Waals surface area contributed by atoms with E-state index in [0.717, 1.165) is 15.0 Å². The molecule has 2 heterocycles. The van der Waals surface area contributed by atoms with Gasteiger partial charge < -0.3 is 5.32 Å². The van der Waals surface area contributed by atoms with Gasteiger partial charge in [0.1, 0.15) is 0 Å². The third-order valence-electron chi connectivity index (χ3n) is 2.52. The van der Waals surface area contributed by atoms with Crippen molar-refractivity contribution in [3.8, 4) is 5.82 Å². The largest absolute Gasteiger partial charge is 0.308 e. The second kappa shape index (κ2) is 5.76. The van der Waals surface area contributed by atoms with E-state index in [2.05, 4.69) is 58.8 Å². The molecule has 1 N–H and O–H groups in total. The second-order valence-electron chi connectivity index (χ2n) is 5.34. The molecule has 2 aromatic heterocycles. The number of nitrogens with one attached hydrogen (secondary N) is 1. The Bertz CT molecular complexity index is 574. The third kappa shape index (κ3) is 4.15. The van der Waals surface area contributed by atoms with Crippen LogP contribution in [0, 0.1) is 3.57 Å². The van der Waals surface area contributed by atoms with Crippen molar-refractivity contribution < 1.29 is 0 Å². The van der Waals surface area contributed by atoms with Crippen molar-refractivity contribution in [1.82, 2.24) is 20.1 Å². The number of aromatic nitrogens is 3. The fourth-order valence-electron chi connectivity index (χ4n) is 1.52. The maximum atomic E-state index is 6.18. The van der Waals surface area contributed by atoms with E-state index in [9.17, 15) is 0 Å². The number of hydrogen-bond acceptors (Lipinski definition) is 3. The molecule has 102 valence electrons. The van der Waals surface area contributed by atoms with Gasteiger partial charge in [0.25, 0.3) is 0 Å². The predicted octanol–water partition coefficient (Wildman–Crippen LogP) is 3.41. The van der Waals surface area contributed by atoms with Gasteiger partial charge in [0, 0.05) is 24.5 Å². The molecule has 19 heavy (non-hydrogen) atoms. The third-order valence-corrected chi connectivity index (χ3v) is 3.41. The minimum atomic E-state index is 0.0494. The van der Waals surface area contributed by atoms with Crippen LogP contribution in [0.15, 0.2) is 24.7 Å². The Kier molecular flexibility index (Phi) is 4.47. The zero-order valence-corrected chi connectivity index (χ0v) is 14.0. The van der Waals surface area contributed by atoms with Crippen LogP contribution >= 0.6 is 34.2 Å². The molecule has 0 aliphatic heterocycles. The summed E-state index contributed by atoms with van der Waals surface area (Å²) in [5.41, 5.74) is 1.07. The molecule has 4 nitrogen and oxygen atoms in total. The Morgan fingerprint density at radius 1 is 1.37 bits per heavy atom. The lowest BCUT2D eigenvalue weighted by Gasteiger charge is -2.21. The van der Waals surface area contributed by atoms with Crippen molar-refractivity contribution in [3.63, 3.8) is 0 Å². The standard InChI is InChI=1S/C13H16ClIN4/c1-13(2,3)17-5-9-4-12(16-7-11(9)14)19-8-10(15)6-18-19/h4,6-8,17H,5H2,1-3H3. The average molecular weight is 391 g/mol. The van der Waals surface area contributed by atoms with Crippen LogP contribution in [0.2, 0.25) is 5.02 Å². The summed E-state index contributed by atoms with van der Waals surface area (Å²) in [6.45, 7) is 7.08. The number of halogens is 2. The van der Waals surface area contributed by atoms with Gasteiger partial charge in [-0.15, -0.1) is 0 Å². The highest BCUT2D eigenvalue weighted by Gasteiger charge is 2.11. The lowest BCUT2D eigenvalue weighted by atomic mass is 10.1. The van der Waals surface area contributed by atoms with E-state index in [1.54, 1.807) is 17.1 Å². The number of nitrogens with zero attached hydrogens (tertiary/aromatic N) is 3. The monoisotopic (exact) mass is 390 g/mol. The van der Waals surface area contributed by atoms with Gasteiger partial charge in [0.15, 0.2) is 5.82 Å². The van der Waals surface area contributed by atoms with Crippen molar-refractivity contribution in [2.45, 2.75) is 32.9 Å². The van der Waals surface area contributed by atoms with Crippen LogP contribution in [0.3, 0.4) is 0 Å². The number of rotatable bonds is 3. The summed E-state index contributed by atoms with van der Waals surface area (Å²) in [5.74, 6) is 0.776. The van der Waals surface area contributed by atoms with Crippen LogP contribution in [0.4, 0.5) is 0 Å². The first kappa shape index (κ1) is 14.7. The van der Waals surface area contributed by atoms with Crippen LogP contribution in [-0.2, 0) is 6.54 Å². The molecule has 2 rings (SSSR count). The summed E-state index contributed by atoms with van der Waals surface area (Å²) in [7, 11) is 0. The van der Waals surface area contributed by atoms with Gasteiger partial charge >= 0.3 is 0 Å². The molecule has 0 aliphatic rings. The molecule has 0 saturated heterocycles. The fourth-order valence-corrected chi connectivity index (χ4v) is 2.07. The molecule has 0 radical (unpaired) electrons. The molecule has 0 unspecified atom stereocenters. The summed E-state index contributed by atoms with van der Waals surface area (Å²) in [5, 5.41) is 8.34. The molecule has 2 aromatic rings. The highest BCUT2D eigenvalue weighted by Crippen LogP contribution is 2.18. The summed E-state index contributed by atoms with van der Waals surface area (Å²) in [6, 6.07) is 1.96. The van der Waals surface area contributed by atoms with Crippen LogP contribution in [0.25, 0.3) is 5.82 Å². The Balaban J connectivity index is 2.24. The van der Waals surface area contributed by atoms with E-state index in [1.165, 1.54) is 0 Å². The first-order chi connectivity index (χ1) is 8.85. The SMILES string of the molecule is CC(C)(C)NCc1cc(-n2cc(I)cn2)ncc1Cl. The first-order valence-electron chi connectivity index (χ1n) is 5.95. The van der Waals surface area contributed by atoms with Gasteiger partial charge in [-0.2, -0.15) is 5.10 Å². The van der Waals surface area contributed by atoms with Crippen LogP contribution in [0.5, 0.6) is 0 Å². The van der Waals surface area contributed by atoms with Gasteiger partial charge in [-0.25, -0.2) is 9.67 Å². The van der Waals surface area contributed by atoms with Crippen LogP contribution < -0.4 is 5.32 Å². The Morgan fingerprint density at radius 3 is 2.68 bits per heavy atom. The second-order valence-corrected chi connectivity index (χ2v) is 6.99. The van der Waals surface area contributed by atoms with Gasteiger partial charge in [-0.1, -0.05) is 11.6 Å². The smallest absolute Gasteiger partial charge is 0.153 e. The molecule has 0 aliphatic carbocycles. The number of hydrogen-bond donors (Lipinski definition) is 1. The fraction of sp³-hybridized carbons (Fsp3) is 0.385. The van der Waals surface area contributed by atoms with Gasteiger partial charge in [0.05, 0.1) is 14.8 Å². The summed E-state index contributed by atoms with van der Waals surface area (Å²) in [4.78, 5) is 4.30. The minimum absolute atomic E-state index is 0.0494. The molecule has 0 bridgehead atoms. The van der Waals surface area contributed by atoms with E-state index >= 15 is 0 Å². The molecule has 0 saturated carbocycles. The zero-order valence-electron chi connectivity index (χ0n) is 11.1. The Labute approximate surface area is 131 Å². The van der Waals surface area contributed by atoms with Crippen molar-refractivity contribution in [2.24, 2.45) is 0 Å². The quantitative estimate of drug-likeness (QED) is 0.817. The molecule has 6 heteroatoms. The van der Waals surface area contributed by atoms with Crippen LogP contribution in [-0.4, -0.2) is 20.3 Å². The van der Waals surface area contributed by atoms with E-state index in [1.807, 2.05) is 12.3 Å². The highest BCUT2D eigenvalue weighted by molar-refractivity contribution is 14.1. The molecule has 0 amide bonds. The average Bonchev–Trinajstić information content (AvgIpc) is 2.74. The lowest BCUT2D eigenvalue weighted by molar-refractivity contribution is 0.424. The minimum Gasteiger partial charge on any atom is -0.308 e. The normalized spacial score (nSPS) is 11.8. The summed E-state index contributed by atoms with van der Waals surface area (Å²) < 4.78 is 2.82.